The topological polar surface area (TPSA) is 55.3 Å². The first-order valence-corrected chi connectivity index (χ1v) is 5.43. The van der Waals surface area contributed by atoms with Gasteiger partial charge in [0.05, 0.1) is 0 Å². The maximum absolute atomic E-state index is 8.19. The van der Waals surface area contributed by atoms with Crippen LogP contribution in [-0.2, 0) is 20.1 Å². The molecule has 2 rings (SSSR count). The van der Waals surface area contributed by atoms with Crippen molar-refractivity contribution in [1.82, 2.24) is 0 Å². The number of nitrogens with one attached hydrogen (secondary N) is 1. The molecule has 0 aliphatic carbocycles. The summed E-state index contributed by atoms with van der Waals surface area (Å²) in [6.07, 6.45) is 0. The molecule has 0 fully saturated rings. The van der Waals surface area contributed by atoms with Gasteiger partial charge in [-0.15, -0.1) is 6.04 Å². The van der Waals surface area contributed by atoms with Crippen LogP contribution in [0.3, 0.4) is 0 Å². The molecule has 2 aromatic carbocycles. The van der Waals surface area contributed by atoms with Crippen molar-refractivity contribution in [2.45, 2.75) is 12.0 Å². The predicted molar refractivity (Wildman–Crippen MR) is 78.1 cm³/mol. The first kappa shape index (κ1) is 20.3. The van der Waals surface area contributed by atoms with Crippen LogP contribution >= 0.6 is 0 Å². The predicted octanol–water partition coefficient (Wildman–Crippen LogP) is 4.02. The van der Waals surface area contributed by atoms with E-state index in [2.05, 4.69) is 6.92 Å². The molecule has 2 atom stereocenters. The van der Waals surface area contributed by atoms with Crippen LogP contribution in [0.4, 0.5) is 0 Å². The molecule has 0 bridgehead atoms. The standard InChI is InChI=1S/C15H15N.CH3.Ir.H2O/c1-12(13-8-4-2-5-9-13)15(16)14-10-6-3-7-11-14;;;/h2-12,15-16H,1H2;1H3;;1H2/q-2;-1;+3;/t12-,15?;;;/m1.../s1. The SMILES string of the molecule is O.[CH2-][C@H](c1ccccc1)C([NH-])c1ccccc1.[CH3-].[Ir+3]. The minimum atomic E-state index is -0.302. The van der Waals surface area contributed by atoms with Crippen molar-refractivity contribution in [1.29, 1.82) is 0 Å². The van der Waals surface area contributed by atoms with Gasteiger partial charge in [0.25, 0.3) is 0 Å². The summed E-state index contributed by atoms with van der Waals surface area (Å²) in [5, 5.41) is 0. The van der Waals surface area contributed by atoms with Crippen molar-refractivity contribution in [2.75, 3.05) is 0 Å². The molecule has 0 aliphatic rings. The number of rotatable bonds is 3. The molecule has 104 valence electrons. The fourth-order valence-electron chi connectivity index (χ4n) is 1.79. The molecule has 0 spiro atoms. The molecule has 3 heteroatoms. The Hall–Kier alpha value is -0.991. The van der Waals surface area contributed by atoms with Crippen LogP contribution in [0, 0.1) is 14.4 Å². The fourth-order valence-corrected chi connectivity index (χ4v) is 1.79. The summed E-state index contributed by atoms with van der Waals surface area (Å²) in [6, 6.07) is 19.6. The van der Waals surface area contributed by atoms with Gasteiger partial charge in [-0.05, 0) is 0 Å². The minimum absolute atomic E-state index is 0. The monoisotopic (exact) mass is 435 g/mol. The molecule has 0 amide bonds. The molecular weight excluding hydrogens is 414 g/mol. The minimum Gasteiger partial charge on any atom is -0.672 e. The Kier molecular flexibility index (Phi) is 10.6. The van der Waals surface area contributed by atoms with E-state index in [1.807, 2.05) is 60.7 Å². The third-order valence-corrected chi connectivity index (χ3v) is 2.79. The number of hydrogen-bond donors (Lipinski definition) is 0. The second-order valence-electron chi connectivity index (χ2n) is 3.91. The Balaban J connectivity index is 0. The van der Waals surface area contributed by atoms with Crippen molar-refractivity contribution in [3.8, 4) is 0 Å². The van der Waals surface area contributed by atoms with Gasteiger partial charge in [0, 0.05) is 0 Å². The Morgan fingerprint density at radius 3 is 1.58 bits per heavy atom. The van der Waals surface area contributed by atoms with Gasteiger partial charge >= 0.3 is 20.1 Å². The summed E-state index contributed by atoms with van der Waals surface area (Å²) in [7, 11) is 0. The normalized spacial score (nSPS) is 12.1. The molecule has 19 heavy (non-hydrogen) atoms. The molecular formula is C16H20IrNO. The zero-order valence-corrected chi connectivity index (χ0v) is 13.4. The molecule has 0 heterocycles. The summed E-state index contributed by atoms with van der Waals surface area (Å²) in [4.78, 5) is 0. The van der Waals surface area contributed by atoms with Gasteiger partial charge in [-0.3, -0.25) is 0 Å². The van der Waals surface area contributed by atoms with E-state index in [4.69, 9.17) is 5.73 Å². The van der Waals surface area contributed by atoms with Gasteiger partial charge < -0.3 is 25.6 Å². The molecule has 0 saturated heterocycles. The maximum Gasteiger partial charge on any atom is 3.00 e. The van der Waals surface area contributed by atoms with Gasteiger partial charge in [0.2, 0.25) is 0 Å². The van der Waals surface area contributed by atoms with E-state index in [0.29, 0.717) is 0 Å². The van der Waals surface area contributed by atoms with Crippen molar-refractivity contribution in [3.05, 3.63) is 91.9 Å². The molecule has 2 aromatic rings. The number of benzene rings is 2. The average Bonchev–Trinajstić information content (AvgIpc) is 2.39. The average molecular weight is 435 g/mol. The Morgan fingerprint density at radius 1 is 0.789 bits per heavy atom. The van der Waals surface area contributed by atoms with Gasteiger partial charge in [0.1, 0.15) is 0 Å². The van der Waals surface area contributed by atoms with Crippen LogP contribution in [0.25, 0.3) is 5.73 Å². The zero-order chi connectivity index (χ0) is 11.4. The van der Waals surface area contributed by atoms with E-state index in [9.17, 15) is 0 Å². The van der Waals surface area contributed by atoms with Crippen LogP contribution in [0.2, 0.25) is 0 Å². The van der Waals surface area contributed by atoms with Gasteiger partial charge in [-0.1, -0.05) is 71.8 Å². The van der Waals surface area contributed by atoms with Crippen molar-refractivity contribution >= 4 is 0 Å². The zero-order valence-electron chi connectivity index (χ0n) is 11.0. The summed E-state index contributed by atoms with van der Waals surface area (Å²) in [5.74, 6) is -0.0244. The van der Waals surface area contributed by atoms with E-state index in [-0.39, 0.29) is 45.0 Å². The van der Waals surface area contributed by atoms with Crippen LogP contribution in [0.5, 0.6) is 0 Å². The van der Waals surface area contributed by atoms with Gasteiger partial charge in [-0.25, -0.2) is 0 Å². The van der Waals surface area contributed by atoms with Gasteiger partial charge in [-0.2, -0.15) is 5.92 Å². The van der Waals surface area contributed by atoms with Crippen LogP contribution < -0.4 is 0 Å². The van der Waals surface area contributed by atoms with Crippen molar-refractivity contribution in [3.63, 3.8) is 0 Å². The quantitative estimate of drug-likeness (QED) is 0.656. The summed E-state index contributed by atoms with van der Waals surface area (Å²) in [5.41, 5.74) is 10.3. The molecule has 0 aromatic heterocycles. The smallest absolute Gasteiger partial charge is 0.672 e. The summed E-state index contributed by atoms with van der Waals surface area (Å²) in [6.45, 7) is 4.10. The molecule has 0 radical (unpaired) electrons. The molecule has 3 N–H and O–H groups in total. The van der Waals surface area contributed by atoms with Gasteiger partial charge in [0.15, 0.2) is 0 Å². The van der Waals surface area contributed by atoms with Crippen molar-refractivity contribution in [2.24, 2.45) is 0 Å². The van der Waals surface area contributed by atoms with Crippen LogP contribution in [0.1, 0.15) is 23.1 Å². The van der Waals surface area contributed by atoms with Crippen LogP contribution in [-0.4, -0.2) is 5.48 Å². The Bertz CT molecular complexity index is 390. The third kappa shape index (κ3) is 5.25. The summed E-state index contributed by atoms with van der Waals surface area (Å²) < 4.78 is 0. The van der Waals surface area contributed by atoms with Crippen LogP contribution in [0.15, 0.2) is 60.7 Å². The molecule has 1 unspecified atom stereocenters. The molecule has 2 nitrogen and oxygen atoms in total. The third-order valence-electron chi connectivity index (χ3n) is 2.79. The first-order valence-electron chi connectivity index (χ1n) is 5.43. The van der Waals surface area contributed by atoms with Crippen molar-refractivity contribution < 1.29 is 25.6 Å². The van der Waals surface area contributed by atoms with E-state index < -0.39 is 0 Å². The molecule has 0 saturated carbocycles. The number of hydrogen-bond acceptors (Lipinski definition) is 0. The largest absolute Gasteiger partial charge is 3.00 e. The fraction of sp³-hybridized carbons (Fsp3) is 0.125. The maximum atomic E-state index is 8.19. The van der Waals surface area contributed by atoms with E-state index >= 15 is 0 Å². The van der Waals surface area contributed by atoms with E-state index in [1.165, 1.54) is 0 Å². The first-order chi connectivity index (χ1) is 7.79. The van der Waals surface area contributed by atoms with E-state index in [1.54, 1.807) is 0 Å². The second-order valence-corrected chi connectivity index (χ2v) is 3.91. The Morgan fingerprint density at radius 2 is 1.16 bits per heavy atom. The second kappa shape index (κ2) is 9.88. The summed E-state index contributed by atoms with van der Waals surface area (Å²) >= 11 is 0. The van der Waals surface area contributed by atoms with E-state index in [0.717, 1.165) is 11.1 Å². The molecule has 0 aliphatic heterocycles. The Labute approximate surface area is 129 Å².